The molecule has 1 amide bonds. The first-order valence-electron chi connectivity index (χ1n) is 8.96. The van der Waals surface area contributed by atoms with E-state index in [0.29, 0.717) is 18.9 Å². The average molecular weight is 439 g/mol. The van der Waals surface area contributed by atoms with Crippen molar-refractivity contribution in [2.45, 2.75) is 11.4 Å². The second kappa shape index (κ2) is 8.15. The van der Waals surface area contributed by atoms with Gasteiger partial charge in [0, 0.05) is 31.9 Å². The average Bonchev–Trinajstić information content (AvgIpc) is 2.72. The third-order valence-electron chi connectivity index (χ3n) is 4.57. The van der Waals surface area contributed by atoms with Crippen molar-refractivity contribution in [3.8, 4) is 5.75 Å². The van der Waals surface area contributed by atoms with E-state index in [0.717, 1.165) is 24.5 Å². The van der Waals surface area contributed by atoms with E-state index in [2.05, 4.69) is 19.9 Å². The van der Waals surface area contributed by atoms with Gasteiger partial charge in [-0.25, -0.2) is 18.1 Å². The smallest absolute Gasteiger partial charge is 0.262 e. The lowest BCUT2D eigenvalue weighted by molar-refractivity contribution is -0.118. The van der Waals surface area contributed by atoms with Gasteiger partial charge in [-0.3, -0.25) is 4.79 Å². The quantitative estimate of drug-likeness (QED) is 0.725. The predicted molar refractivity (Wildman–Crippen MR) is 107 cm³/mol. The first kappa shape index (κ1) is 19.9. The summed E-state index contributed by atoms with van der Waals surface area (Å²) in [6.07, 6.45) is 1.65. The first-order valence-corrected chi connectivity index (χ1v) is 10.8. The Kier molecular flexibility index (Phi) is 5.59. The Bertz CT molecular complexity index is 1040. The van der Waals surface area contributed by atoms with E-state index in [9.17, 15) is 13.2 Å². The van der Waals surface area contributed by atoms with Crippen LogP contribution in [0.1, 0.15) is 5.56 Å². The number of sulfonamides is 1. The molecule has 1 fully saturated rings. The molecule has 0 unspecified atom stereocenters. The van der Waals surface area contributed by atoms with Gasteiger partial charge >= 0.3 is 0 Å². The van der Waals surface area contributed by atoms with Crippen LogP contribution in [0.25, 0.3) is 0 Å². The van der Waals surface area contributed by atoms with Crippen LogP contribution < -0.4 is 19.7 Å². The fraction of sp³-hybridized carbons (Fsp3) is 0.333. The van der Waals surface area contributed by atoms with Crippen LogP contribution in [0.2, 0.25) is 5.02 Å². The molecule has 0 aliphatic carbocycles. The topological polar surface area (TPSA) is 110 Å². The fourth-order valence-electron chi connectivity index (χ4n) is 3.08. The minimum atomic E-state index is -3.90. The van der Waals surface area contributed by atoms with Crippen molar-refractivity contribution in [3.63, 3.8) is 0 Å². The molecule has 3 heterocycles. The zero-order valence-corrected chi connectivity index (χ0v) is 16.9. The number of rotatable bonds is 5. The highest BCUT2D eigenvalue weighted by Crippen LogP contribution is 2.35. The number of carbonyl (C=O) groups excluding carboxylic acids is 1. The number of ether oxygens (including phenoxy) is 2. The molecule has 2 aliphatic heterocycles. The molecule has 0 atom stereocenters. The lowest BCUT2D eigenvalue weighted by atomic mass is 10.2. The van der Waals surface area contributed by atoms with Gasteiger partial charge in [-0.2, -0.15) is 0 Å². The number of carbonyl (C=O) groups is 1. The predicted octanol–water partition coefficient (Wildman–Crippen LogP) is 1.38. The molecule has 2 aromatic rings. The summed E-state index contributed by atoms with van der Waals surface area (Å²) in [5, 5.41) is 2.58. The summed E-state index contributed by atoms with van der Waals surface area (Å²) in [5.74, 6) is 0.713. The Morgan fingerprint density at radius 1 is 1.24 bits per heavy atom. The number of anilines is 2. The molecular weight excluding hydrogens is 420 g/mol. The molecular formula is C18H19ClN4O5S. The number of hydrogen-bond acceptors (Lipinski definition) is 7. The molecule has 0 radical (unpaired) electrons. The molecule has 11 heteroatoms. The number of morpholine rings is 1. The number of nitrogens with zero attached hydrogens (tertiary/aromatic N) is 2. The molecule has 1 aromatic carbocycles. The minimum absolute atomic E-state index is 0.00853. The fourth-order valence-corrected chi connectivity index (χ4v) is 4.64. The maximum absolute atomic E-state index is 12.8. The van der Waals surface area contributed by atoms with Gasteiger partial charge in [-0.15, -0.1) is 0 Å². The molecule has 154 valence electrons. The monoisotopic (exact) mass is 438 g/mol. The van der Waals surface area contributed by atoms with E-state index in [1.165, 1.54) is 12.1 Å². The number of hydrogen-bond donors (Lipinski definition) is 2. The Labute approximate surface area is 173 Å². The third kappa shape index (κ3) is 4.45. The summed E-state index contributed by atoms with van der Waals surface area (Å²) in [5.41, 5.74) is 1.11. The van der Waals surface area contributed by atoms with Crippen molar-refractivity contribution >= 4 is 39.0 Å². The lowest BCUT2D eigenvalue weighted by Gasteiger charge is -2.28. The summed E-state index contributed by atoms with van der Waals surface area (Å²) >= 11 is 6.15. The zero-order chi connectivity index (χ0) is 20.4. The van der Waals surface area contributed by atoms with Crippen LogP contribution in [-0.4, -0.2) is 52.2 Å². The molecule has 2 aliphatic rings. The van der Waals surface area contributed by atoms with Crippen LogP contribution in [-0.2, 0) is 26.1 Å². The number of benzene rings is 1. The summed E-state index contributed by atoms with van der Waals surface area (Å²) < 4.78 is 38.7. The molecule has 0 spiro atoms. The van der Waals surface area contributed by atoms with Crippen LogP contribution in [0.15, 0.2) is 35.4 Å². The molecule has 0 bridgehead atoms. The molecule has 9 nitrogen and oxygen atoms in total. The third-order valence-corrected chi connectivity index (χ3v) is 6.43. The molecule has 4 rings (SSSR count). The molecule has 29 heavy (non-hydrogen) atoms. The SMILES string of the molecule is O=C1COc2cc(S(=O)(=O)NCc3ccnc(N4CCOCC4)c3)c(Cl)cc2N1. The van der Waals surface area contributed by atoms with Crippen molar-refractivity contribution in [2.75, 3.05) is 43.1 Å². The second-order valence-electron chi connectivity index (χ2n) is 6.56. The normalized spacial score (nSPS) is 16.7. The van der Waals surface area contributed by atoms with Crippen LogP contribution >= 0.6 is 11.6 Å². The number of amides is 1. The second-order valence-corrected chi connectivity index (χ2v) is 8.70. The maximum atomic E-state index is 12.8. The number of pyridine rings is 1. The van der Waals surface area contributed by atoms with Crippen LogP contribution in [0.4, 0.5) is 11.5 Å². The van der Waals surface area contributed by atoms with E-state index in [1.54, 1.807) is 12.3 Å². The van der Waals surface area contributed by atoms with Gasteiger partial charge in [0.15, 0.2) is 6.61 Å². The van der Waals surface area contributed by atoms with E-state index in [-0.39, 0.29) is 34.7 Å². The Morgan fingerprint density at radius 2 is 2.03 bits per heavy atom. The van der Waals surface area contributed by atoms with Gasteiger partial charge < -0.3 is 19.7 Å². The highest BCUT2D eigenvalue weighted by molar-refractivity contribution is 7.89. The minimum Gasteiger partial charge on any atom is -0.482 e. The highest BCUT2D eigenvalue weighted by Gasteiger charge is 2.24. The summed E-state index contributed by atoms with van der Waals surface area (Å²) in [4.78, 5) is 17.7. The van der Waals surface area contributed by atoms with Crippen molar-refractivity contribution in [3.05, 3.63) is 41.0 Å². The number of aromatic nitrogens is 1. The molecule has 1 saturated heterocycles. The number of fused-ring (bicyclic) bond motifs is 1. The Balaban J connectivity index is 1.50. The van der Waals surface area contributed by atoms with Crippen LogP contribution in [0.3, 0.4) is 0 Å². The molecule has 1 aromatic heterocycles. The van der Waals surface area contributed by atoms with Gasteiger partial charge in [0.05, 0.1) is 23.9 Å². The molecule has 0 saturated carbocycles. The largest absolute Gasteiger partial charge is 0.482 e. The Morgan fingerprint density at radius 3 is 2.83 bits per heavy atom. The van der Waals surface area contributed by atoms with Gasteiger partial charge in [-0.1, -0.05) is 11.6 Å². The summed E-state index contributed by atoms with van der Waals surface area (Å²) in [6.45, 7) is 2.65. The van der Waals surface area contributed by atoms with Crippen LogP contribution in [0.5, 0.6) is 5.75 Å². The standard InChI is InChI=1S/C18H19ClN4O5S/c19-13-8-14-15(28-11-18(24)22-14)9-16(13)29(25,26)21-10-12-1-2-20-17(7-12)23-3-5-27-6-4-23/h1-2,7-9,21H,3-6,10-11H2,(H,22,24). The van der Waals surface area contributed by atoms with Crippen LogP contribution in [0, 0.1) is 0 Å². The van der Waals surface area contributed by atoms with Crippen molar-refractivity contribution in [1.29, 1.82) is 0 Å². The van der Waals surface area contributed by atoms with E-state index in [4.69, 9.17) is 21.1 Å². The van der Waals surface area contributed by atoms with Gasteiger partial charge in [-0.05, 0) is 23.8 Å². The van der Waals surface area contributed by atoms with Crippen molar-refractivity contribution in [1.82, 2.24) is 9.71 Å². The van der Waals surface area contributed by atoms with E-state index < -0.39 is 10.0 Å². The highest BCUT2D eigenvalue weighted by atomic mass is 35.5. The number of nitrogens with one attached hydrogen (secondary N) is 2. The Hall–Kier alpha value is -2.40. The first-order chi connectivity index (χ1) is 13.9. The maximum Gasteiger partial charge on any atom is 0.262 e. The zero-order valence-electron chi connectivity index (χ0n) is 15.4. The van der Waals surface area contributed by atoms with Gasteiger partial charge in [0.2, 0.25) is 10.0 Å². The number of halogens is 1. The van der Waals surface area contributed by atoms with E-state index in [1.807, 2.05) is 6.07 Å². The van der Waals surface area contributed by atoms with Gasteiger partial charge in [0.25, 0.3) is 5.91 Å². The summed E-state index contributed by atoms with van der Waals surface area (Å²) in [7, 11) is -3.90. The van der Waals surface area contributed by atoms with Crippen molar-refractivity contribution in [2.24, 2.45) is 0 Å². The van der Waals surface area contributed by atoms with Crippen molar-refractivity contribution < 1.29 is 22.7 Å². The lowest BCUT2D eigenvalue weighted by Crippen LogP contribution is -2.36. The summed E-state index contributed by atoms with van der Waals surface area (Å²) in [6, 6.07) is 6.27. The molecule has 2 N–H and O–H groups in total. The van der Waals surface area contributed by atoms with E-state index >= 15 is 0 Å². The van der Waals surface area contributed by atoms with Gasteiger partial charge in [0.1, 0.15) is 16.5 Å².